The molecule has 0 amide bonds. The van der Waals surface area contributed by atoms with Gasteiger partial charge >= 0.3 is 0 Å². The topological polar surface area (TPSA) is 66.0 Å². The van der Waals surface area contributed by atoms with Crippen molar-refractivity contribution in [2.24, 2.45) is 5.73 Å². The zero-order valence-electron chi connectivity index (χ0n) is 11.8. The highest BCUT2D eigenvalue weighted by molar-refractivity contribution is 5.46. The lowest BCUT2D eigenvalue weighted by molar-refractivity contribution is 0.284. The largest absolute Gasteiger partial charge is 0.484 e. The lowest BCUT2D eigenvalue weighted by atomic mass is 10.2. The molecule has 110 valence electrons. The molecule has 0 aliphatic rings. The number of nitrogens with zero attached hydrogens (tertiary/aromatic N) is 3. The van der Waals surface area contributed by atoms with E-state index in [2.05, 4.69) is 28.8 Å². The average molecular weight is 288 g/mol. The molecule has 0 radical (unpaired) electrons. The maximum absolute atomic E-state index is 13.3. The molecule has 0 bridgehead atoms. The van der Waals surface area contributed by atoms with Crippen LogP contribution in [0.5, 0.6) is 5.75 Å². The lowest BCUT2D eigenvalue weighted by Crippen LogP contribution is -2.09. The van der Waals surface area contributed by atoms with E-state index in [9.17, 15) is 4.39 Å². The van der Waals surface area contributed by atoms with Gasteiger partial charge in [0.2, 0.25) is 0 Å². The second-order valence-corrected chi connectivity index (χ2v) is 4.33. The van der Waals surface area contributed by atoms with Gasteiger partial charge in [-0.2, -0.15) is 5.10 Å². The van der Waals surface area contributed by atoms with Crippen molar-refractivity contribution >= 4 is 0 Å². The molecular formula is C15H17FN4O. The summed E-state index contributed by atoms with van der Waals surface area (Å²) in [6, 6.07) is 4.22. The molecule has 1 heterocycles. The highest BCUT2D eigenvalue weighted by Crippen LogP contribution is 2.20. The molecule has 2 aromatic rings. The van der Waals surface area contributed by atoms with Crippen molar-refractivity contribution in [1.29, 1.82) is 0 Å². The second-order valence-electron chi connectivity index (χ2n) is 4.33. The molecule has 1 aromatic heterocycles. The molecule has 0 aliphatic carbocycles. The Labute approximate surface area is 122 Å². The van der Waals surface area contributed by atoms with E-state index in [-0.39, 0.29) is 19.0 Å². The minimum Gasteiger partial charge on any atom is -0.484 e. The number of benzene rings is 1. The Morgan fingerprint density at radius 3 is 3.05 bits per heavy atom. The number of rotatable bonds is 5. The van der Waals surface area contributed by atoms with Crippen molar-refractivity contribution in [3.63, 3.8) is 0 Å². The number of halogens is 1. The fraction of sp³-hybridized carbons (Fsp3) is 0.333. The zero-order valence-corrected chi connectivity index (χ0v) is 11.8. The Hall–Kier alpha value is -2.39. The van der Waals surface area contributed by atoms with Gasteiger partial charge in [0.25, 0.3) is 0 Å². The molecular weight excluding hydrogens is 271 g/mol. The van der Waals surface area contributed by atoms with Gasteiger partial charge in [0, 0.05) is 12.6 Å². The van der Waals surface area contributed by atoms with Gasteiger partial charge in [0.05, 0.1) is 12.1 Å². The first-order valence-corrected chi connectivity index (χ1v) is 6.72. The van der Waals surface area contributed by atoms with Crippen LogP contribution in [0.3, 0.4) is 0 Å². The molecule has 0 fully saturated rings. The summed E-state index contributed by atoms with van der Waals surface area (Å²) >= 11 is 0. The summed E-state index contributed by atoms with van der Waals surface area (Å²) in [6.07, 6.45) is 2.43. The monoisotopic (exact) mass is 288 g/mol. The summed E-state index contributed by atoms with van der Waals surface area (Å²) in [5.41, 5.74) is 5.95. The Morgan fingerprint density at radius 2 is 2.29 bits per heavy atom. The van der Waals surface area contributed by atoms with E-state index in [0.717, 1.165) is 13.0 Å². The average Bonchev–Trinajstić information content (AvgIpc) is 2.92. The highest BCUT2D eigenvalue weighted by Gasteiger charge is 2.08. The smallest absolute Gasteiger partial charge is 0.164 e. The van der Waals surface area contributed by atoms with E-state index in [1.807, 2.05) is 0 Å². The number of ether oxygens (including phenoxy) is 1. The van der Waals surface area contributed by atoms with Crippen LogP contribution >= 0.6 is 0 Å². The Bertz CT molecular complexity index is 657. The van der Waals surface area contributed by atoms with Gasteiger partial charge in [0.15, 0.2) is 5.82 Å². The van der Waals surface area contributed by atoms with Crippen molar-refractivity contribution in [3.8, 4) is 17.6 Å². The summed E-state index contributed by atoms with van der Waals surface area (Å²) < 4.78 is 20.8. The summed E-state index contributed by atoms with van der Waals surface area (Å²) in [6.45, 7) is 3.27. The first-order valence-electron chi connectivity index (χ1n) is 6.72. The molecule has 21 heavy (non-hydrogen) atoms. The normalized spacial score (nSPS) is 10.0. The van der Waals surface area contributed by atoms with Crippen LogP contribution in [0.4, 0.5) is 4.39 Å². The van der Waals surface area contributed by atoms with Crippen LogP contribution in [0.25, 0.3) is 0 Å². The van der Waals surface area contributed by atoms with Crippen LogP contribution < -0.4 is 10.5 Å². The van der Waals surface area contributed by atoms with Crippen LogP contribution in [0.1, 0.15) is 24.7 Å². The molecule has 0 spiro atoms. The Morgan fingerprint density at radius 1 is 1.43 bits per heavy atom. The Balaban J connectivity index is 2.15. The molecule has 2 rings (SSSR count). The van der Waals surface area contributed by atoms with E-state index in [1.165, 1.54) is 18.5 Å². The molecule has 0 saturated carbocycles. The third-order valence-electron chi connectivity index (χ3n) is 2.76. The van der Waals surface area contributed by atoms with Crippen LogP contribution in [-0.2, 0) is 13.2 Å². The van der Waals surface area contributed by atoms with Crippen LogP contribution in [-0.4, -0.2) is 21.3 Å². The number of hydrogen-bond acceptors (Lipinski definition) is 4. The number of hydrogen-bond donors (Lipinski definition) is 1. The number of aromatic nitrogens is 3. The maximum Gasteiger partial charge on any atom is 0.164 e. The quantitative estimate of drug-likeness (QED) is 0.851. The van der Waals surface area contributed by atoms with Crippen molar-refractivity contribution < 1.29 is 9.13 Å². The SMILES string of the molecule is CCCn1ncnc1COc1cc(F)ccc1C#CCN. The first kappa shape index (κ1) is 15.0. The van der Waals surface area contributed by atoms with E-state index in [1.54, 1.807) is 10.7 Å². The van der Waals surface area contributed by atoms with Crippen molar-refractivity contribution in [1.82, 2.24) is 14.8 Å². The summed E-state index contributed by atoms with van der Waals surface area (Å²) in [4.78, 5) is 4.14. The minimum absolute atomic E-state index is 0.209. The van der Waals surface area contributed by atoms with Gasteiger partial charge in [-0.25, -0.2) is 14.1 Å². The molecule has 0 aliphatic heterocycles. The minimum atomic E-state index is -0.377. The fourth-order valence-corrected chi connectivity index (χ4v) is 1.81. The van der Waals surface area contributed by atoms with Crippen molar-refractivity contribution in [2.75, 3.05) is 6.54 Å². The van der Waals surface area contributed by atoms with Gasteiger partial charge in [-0.1, -0.05) is 18.8 Å². The van der Waals surface area contributed by atoms with E-state index < -0.39 is 0 Å². The Kier molecular flexibility index (Phi) is 5.29. The molecule has 0 saturated heterocycles. The van der Waals surface area contributed by atoms with Gasteiger partial charge in [0.1, 0.15) is 24.5 Å². The molecule has 1 aromatic carbocycles. The molecule has 5 nitrogen and oxygen atoms in total. The summed E-state index contributed by atoms with van der Waals surface area (Å²) in [5, 5.41) is 4.11. The third kappa shape index (κ3) is 4.04. The van der Waals surface area contributed by atoms with E-state index in [0.29, 0.717) is 17.1 Å². The predicted molar refractivity (Wildman–Crippen MR) is 77.0 cm³/mol. The standard InChI is InChI=1S/C15H17FN4O/c1-2-8-20-15(18-11-19-20)10-21-14-9-13(16)6-5-12(14)4-3-7-17/h5-6,9,11H,2,7-8,10,17H2,1H3. The molecule has 6 heteroatoms. The molecule has 0 atom stereocenters. The van der Waals surface area contributed by atoms with Gasteiger partial charge < -0.3 is 10.5 Å². The van der Waals surface area contributed by atoms with E-state index in [4.69, 9.17) is 10.5 Å². The van der Waals surface area contributed by atoms with Crippen LogP contribution in [0, 0.1) is 17.7 Å². The zero-order chi connectivity index (χ0) is 15.1. The number of nitrogens with two attached hydrogens (primary N) is 1. The maximum atomic E-state index is 13.3. The number of aryl methyl sites for hydroxylation is 1. The van der Waals surface area contributed by atoms with E-state index >= 15 is 0 Å². The second kappa shape index (κ2) is 7.41. The highest BCUT2D eigenvalue weighted by atomic mass is 19.1. The third-order valence-corrected chi connectivity index (χ3v) is 2.76. The predicted octanol–water partition coefficient (Wildman–Crippen LogP) is 1.72. The molecule has 2 N–H and O–H groups in total. The summed E-state index contributed by atoms with van der Waals surface area (Å²) in [5.74, 6) is 6.29. The lowest BCUT2D eigenvalue weighted by Gasteiger charge is -2.09. The first-order chi connectivity index (χ1) is 10.2. The van der Waals surface area contributed by atoms with Gasteiger partial charge in [-0.3, -0.25) is 0 Å². The van der Waals surface area contributed by atoms with Crippen LogP contribution in [0.2, 0.25) is 0 Å². The van der Waals surface area contributed by atoms with Crippen LogP contribution in [0.15, 0.2) is 24.5 Å². The van der Waals surface area contributed by atoms with Crippen molar-refractivity contribution in [3.05, 3.63) is 41.7 Å². The van der Waals surface area contributed by atoms with Crippen molar-refractivity contribution in [2.45, 2.75) is 26.5 Å². The summed E-state index contributed by atoms with van der Waals surface area (Å²) in [7, 11) is 0. The fourth-order valence-electron chi connectivity index (χ4n) is 1.81. The molecule has 0 unspecified atom stereocenters. The van der Waals surface area contributed by atoms with Gasteiger partial charge in [-0.15, -0.1) is 0 Å². The van der Waals surface area contributed by atoms with Gasteiger partial charge in [-0.05, 0) is 18.6 Å².